The van der Waals surface area contributed by atoms with Gasteiger partial charge in [-0.05, 0) is 30.0 Å². The molecule has 0 saturated carbocycles. The van der Waals surface area contributed by atoms with Gasteiger partial charge in [-0.3, -0.25) is 0 Å². The first-order valence-electron chi connectivity index (χ1n) is 6.09. The Labute approximate surface area is 135 Å². The SMILES string of the molecule is CC(C)(C)CC(Cl)CNS(=O)(=O)c1cc(Cl)cc(Cl)c1. The van der Waals surface area contributed by atoms with Crippen molar-refractivity contribution in [2.24, 2.45) is 5.41 Å². The van der Waals surface area contributed by atoms with Gasteiger partial charge in [-0.2, -0.15) is 0 Å². The minimum Gasteiger partial charge on any atom is -0.210 e. The van der Waals surface area contributed by atoms with Crippen molar-refractivity contribution in [3.63, 3.8) is 0 Å². The fourth-order valence-electron chi connectivity index (χ4n) is 1.70. The number of rotatable bonds is 5. The molecule has 0 amide bonds. The van der Waals surface area contributed by atoms with E-state index in [1.54, 1.807) is 0 Å². The normalized spacial score (nSPS) is 14.3. The van der Waals surface area contributed by atoms with Crippen LogP contribution in [0.25, 0.3) is 0 Å². The van der Waals surface area contributed by atoms with Crippen molar-refractivity contribution in [2.45, 2.75) is 37.5 Å². The molecule has 1 aromatic carbocycles. The van der Waals surface area contributed by atoms with Gasteiger partial charge in [0.15, 0.2) is 0 Å². The van der Waals surface area contributed by atoms with Crippen molar-refractivity contribution in [1.29, 1.82) is 0 Å². The molecular weight excluding hydrogens is 341 g/mol. The van der Waals surface area contributed by atoms with Crippen molar-refractivity contribution in [3.8, 4) is 0 Å². The molecule has 0 bridgehead atoms. The van der Waals surface area contributed by atoms with E-state index >= 15 is 0 Å². The van der Waals surface area contributed by atoms with E-state index in [-0.39, 0.29) is 32.3 Å². The predicted octanol–water partition coefficient (Wildman–Crippen LogP) is 4.32. The second kappa shape index (κ2) is 6.84. The number of hydrogen-bond acceptors (Lipinski definition) is 2. The van der Waals surface area contributed by atoms with Gasteiger partial charge in [-0.15, -0.1) is 11.6 Å². The van der Waals surface area contributed by atoms with E-state index < -0.39 is 10.0 Å². The van der Waals surface area contributed by atoms with Gasteiger partial charge in [0, 0.05) is 22.0 Å². The highest BCUT2D eigenvalue weighted by Crippen LogP contribution is 2.24. The second-order valence-electron chi connectivity index (χ2n) is 5.82. The van der Waals surface area contributed by atoms with E-state index in [4.69, 9.17) is 34.8 Å². The van der Waals surface area contributed by atoms with Crippen LogP contribution in [0, 0.1) is 5.41 Å². The first-order valence-corrected chi connectivity index (χ1v) is 8.77. The van der Waals surface area contributed by atoms with E-state index in [9.17, 15) is 8.42 Å². The molecule has 0 aliphatic carbocycles. The standard InChI is InChI=1S/C13H18Cl3NO2S/c1-13(2,3)7-11(16)8-17-20(18,19)12-5-9(14)4-10(15)6-12/h4-6,11,17H,7-8H2,1-3H3. The molecule has 1 N–H and O–H groups in total. The lowest BCUT2D eigenvalue weighted by atomic mass is 9.90. The lowest BCUT2D eigenvalue weighted by molar-refractivity contribution is 0.369. The largest absolute Gasteiger partial charge is 0.240 e. The third kappa shape index (κ3) is 6.19. The van der Waals surface area contributed by atoms with Crippen LogP contribution in [0.15, 0.2) is 23.1 Å². The zero-order chi connectivity index (χ0) is 15.6. The predicted molar refractivity (Wildman–Crippen MR) is 85.4 cm³/mol. The summed E-state index contributed by atoms with van der Waals surface area (Å²) in [6, 6.07) is 4.18. The maximum absolute atomic E-state index is 12.1. The van der Waals surface area contributed by atoms with E-state index in [1.165, 1.54) is 18.2 Å². The van der Waals surface area contributed by atoms with E-state index in [0.717, 1.165) is 0 Å². The van der Waals surface area contributed by atoms with Gasteiger partial charge in [-0.1, -0.05) is 44.0 Å². The van der Waals surface area contributed by atoms with Gasteiger partial charge in [0.05, 0.1) is 4.90 Å². The van der Waals surface area contributed by atoms with Crippen LogP contribution in [0.5, 0.6) is 0 Å². The highest BCUT2D eigenvalue weighted by molar-refractivity contribution is 7.89. The van der Waals surface area contributed by atoms with Gasteiger partial charge in [0.25, 0.3) is 0 Å². The van der Waals surface area contributed by atoms with Crippen LogP contribution in [0.2, 0.25) is 10.0 Å². The average Bonchev–Trinajstić information content (AvgIpc) is 2.23. The molecule has 1 unspecified atom stereocenters. The maximum Gasteiger partial charge on any atom is 0.240 e. The second-order valence-corrected chi connectivity index (χ2v) is 9.08. The molecule has 0 saturated heterocycles. The van der Waals surface area contributed by atoms with Crippen LogP contribution in [-0.4, -0.2) is 20.3 Å². The number of sulfonamides is 1. The van der Waals surface area contributed by atoms with Crippen LogP contribution in [0.1, 0.15) is 27.2 Å². The fourth-order valence-corrected chi connectivity index (χ4v) is 4.14. The summed E-state index contributed by atoms with van der Waals surface area (Å²) >= 11 is 17.7. The molecule has 1 rings (SSSR count). The third-order valence-corrected chi connectivity index (χ3v) is 4.62. The smallest absolute Gasteiger partial charge is 0.210 e. The number of nitrogens with one attached hydrogen (secondary N) is 1. The molecule has 0 aromatic heterocycles. The van der Waals surface area contributed by atoms with E-state index in [2.05, 4.69) is 4.72 Å². The molecule has 0 fully saturated rings. The van der Waals surface area contributed by atoms with Gasteiger partial charge in [0.1, 0.15) is 0 Å². The Morgan fingerprint density at radius 2 is 1.65 bits per heavy atom. The van der Waals surface area contributed by atoms with Crippen LogP contribution < -0.4 is 4.72 Å². The molecule has 20 heavy (non-hydrogen) atoms. The molecule has 1 aromatic rings. The summed E-state index contributed by atoms with van der Waals surface area (Å²) in [5.41, 5.74) is 0.0389. The zero-order valence-electron chi connectivity index (χ0n) is 11.6. The van der Waals surface area contributed by atoms with E-state index in [0.29, 0.717) is 6.42 Å². The van der Waals surface area contributed by atoms with Crippen LogP contribution in [-0.2, 0) is 10.0 Å². The Kier molecular flexibility index (Phi) is 6.17. The molecule has 114 valence electrons. The highest BCUT2D eigenvalue weighted by atomic mass is 35.5. The summed E-state index contributed by atoms with van der Waals surface area (Å²) in [4.78, 5) is 0.0367. The number of benzene rings is 1. The molecular formula is C13H18Cl3NO2S. The summed E-state index contributed by atoms with van der Waals surface area (Å²) in [6.45, 7) is 6.31. The summed E-state index contributed by atoms with van der Waals surface area (Å²) in [5, 5.41) is 0.268. The number of alkyl halides is 1. The van der Waals surface area contributed by atoms with Gasteiger partial charge in [-0.25, -0.2) is 13.1 Å². The van der Waals surface area contributed by atoms with Crippen molar-refractivity contribution < 1.29 is 8.42 Å². The Bertz CT molecular complexity index is 547. The fraction of sp³-hybridized carbons (Fsp3) is 0.538. The molecule has 1 atom stereocenters. The first kappa shape index (κ1) is 18.1. The number of hydrogen-bond donors (Lipinski definition) is 1. The Balaban J connectivity index is 2.75. The Hall–Kier alpha value is -0.000000000000000111. The minimum atomic E-state index is -3.66. The quantitative estimate of drug-likeness (QED) is 0.797. The van der Waals surface area contributed by atoms with Crippen molar-refractivity contribution >= 4 is 44.8 Å². The molecule has 3 nitrogen and oxygen atoms in total. The summed E-state index contributed by atoms with van der Waals surface area (Å²) in [5.74, 6) is 0. The van der Waals surface area contributed by atoms with Crippen molar-refractivity contribution in [1.82, 2.24) is 4.72 Å². The lowest BCUT2D eigenvalue weighted by Crippen LogP contribution is -2.31. The molecule has 0 heterocycles. The topological polar surface area (TPSA) is 46.2 Å². The Morgan fingerprint density at radius 1 is 1.15 bits per heavy atom. The summed E-state index contributed by atoms with van der Waals surface area (Å²) < 4.78 is 26.7. The first-order chi connectivity index (χ1) is 8.99. The number of halogens is 3. The van der Waals surface area contributed by atoms with Crippen molar-refractivity contribution in [3.05, 3.63) is 28.2 Å². The van der Waals surface area contributed by atoms with E-state index in [1.807, 2.05) is 20.8 Å². The van der Waals surface area contributed by atoms with Gasteiger partial charge in [0.2, 0.25) is 10.0 Å². The minimum absolute atomic E-state index is 0.0367. The monoisotopic (exact) mass is 357 g/mol. The van der Waals surface area contributed by atoms with Gasteiger partial charge < -0.3 is 0 Å². The van der Waals surface area contributed by atoms with Crippen LogP contribution in [0.4, 0.5) is 0 Å². The molecule has 0 radical (unpaired) electrons. The molecule has 0 aliphatic heterocycles. The summed E-state index contributed by atoms with van der Waals surface area (Å²) in [6.07, 6.45) is 0.702. The molecule has 0 spiro atoms. The Morgan fingerprint density at radius 3 is 2.10 bits per heavy atom. The molecule has 0 aliphatic rings. The van der Waals surface area contributed by atoms with Crippen molar-refractivity contribution in [2.75, 3.05) is 6.54 Å². The zero-order valence-corrected chi connectivity index (χ0v) is 14.7. The van der Waals surface area contributed by atoms with Crippen LogP contribution >= 0.6 is 34.8 Å². The maximum atomic E-state index is 12.1. The highest BCUT2D eigenvalue weighted by Gasteiger charge is 2.20. The average molecular weight is 359 g/mol. The third-order valence-electron chi connectivity index (χ3n) is 2.48. The molecule has 7 heteroatoms. The summed E-state index contributed by atoms with van der Waals surface area (Å²) in [7, 11) is -3.66. The van der Waals surface area contributed by atoms with Crippen LogP contribution in [0.3, 0.4) is 0 Å². The van der Waals surface area contributed by atoms with Gasteiger partial charge >= 0.3 is 0 Å². The lowest BCUT2D eigenvalue weighted by Gasteiger charge is -2.22.